The second-order valence-corrected chi connectivity index (χ2v) is 6.75. The number of carbonyl (C=O) groups is 1. The number of nitrogens with zero attached hydrogens (tertiary/aromatic N) is 3. The Morgan fingerprint density at radius 1 is 1.30 bits per heavy atom. The van der Waals surface area contributed by atoms with E-state index in [2.05, 4.69) is 26.3 Å². The topological polar surface area (TPSA) is 78.4 Å². The van der Waals surface area contributed by atoms with E-state index in [1.807, 2.05) is 0 Å². The monoisotopic (exact) mass is 318 g/mol. The predicted octanol–water partition coefficient (Wildman–Crippen LogP) is 1.46. The summed E-state index contributed by atoms with van der Waals surface area (Å²) in [6.45, 7) is 1.19. The summed E-state index contributed by atoms with van der Waals surface area (Å²) < 4.78 is 0. The summed E-state index contributed by atoms with van der Waals surface area (Å²) in [4.78, 5) is 22.5. The van der Waals surface area contributed by atoms with Crippen LogP contribution in [0, 0.1) is 5.92 Å². The van der Waals surface area contributed by atoms with Crippen LogP contribution in [0.1, 0.15) is 50.1 Å². The molecular formula is C17H26N4O2. The molecule has 1 aromatic rings. The standard InChI is InChI=1S/C17H26N4O2/c1-18-17(23)7-13-9-21(10-15(13)22)16-8-14(19-11-20-16)12-5-3-2-4-6-12/h8,11-13,15,22H,2-7,9-10H2,1H3,(H,18,23)/t13-,15-/m1/s1. The Morgan fingerprint density at radius 2 is 2.09 bits per heavy atom. The molecule has 2 heterocycles. The molecule has 23 heavy (non-hydrogen) atoms. The summed E-state index contributed by atoms with van der Waals surface area (Å²) in [5.41, 5.74) is 1.12. The van der Waals surface area contributed by atoms with Crippen LogP contribution in [0.25, 0.3) is 0 Å². The van der Waals surface area contributed by atoms with Gasteiger partial charge in [-0.2, -0.15) is 0 Å². The van der Waals surface area contributed by atoms with E-state index in [1.54, 1.807) is 13.4 Å². The van der Waals surface area contributed by atoms with Gasteiger partial charge in [0.05, 0.1) is 6.10 Å². The number of aromatic nitrogens is 2. The van der Waals surface area contributed by atoms with Crippen LogP contribution >= 0.6 is 0 Å². The van der Waals surface area contributed by atoms with E-state index in [-0.39, 0.29) is 11.8 Å². The van der Waals surface area contributed by atoms with Gasteiger partial charge >= 0.3 is 0 Å². The van der Waals surface area contributed by atoms with Gasteiger partial charge in [-0.3, -0.25) is 4.79 Å². The third kappa shape index (κ3) is 3.80. The van der Waals surface area contributed by atoms with Crippen molar-refractivity contribution < 1.29 is 9.90 Å². The molecule has 1 aliphatic carbocycles. The van der Waals surface area contributed by atoms with Gasteiger partial charge in [-0.25, -0.2) is 9.97 Å². The molecule has 6 nitrogen and oxygen atoms in total. The number of aliphatic hydroxyl groups is 1. The highest BCUT2D eigenvalue weighted by Crippen LogP contribution is 2.33. The Balaban J connectivity index is 1.68. The van der Waals surface area contributed by atoms with Gasteiger partial charge in [0.2, 0.25) is 5.91 Å². The van der Waals surface area contributed by atoms with Crippen molar-refractivity contribution in [2.45, 2.75) is 50.5 Å². The van der Waals surface area contributed by atoms with E-state index in [1.165, 1.54) is 32.1 Å². The van der Waals surface area contributed by atoms with Gasteiger partial charge in [-0.05, 0) is 12.8 Å². The minimum absolute atomic E-state index is 0.0264. The van der Waals surface area contributed by atoms with Crippen molar-refractivity contribution in [3.05, 3.63) is 18.1 Å². The molecule has 0 radical (unpaired) electrons. The number of aliphatic hydroxyl groups excluding tert-OH is 1. The summed E-state index contributed by atoms with van der Waals surface area (Å²) in [7, 11) is 1.63. The van der Waals surface area contributed by atoms with Gasteiger partial charge in [0.25, 0.3) is 0 Å². The molecule has 1 saturated heterocycles. The van der Waals surface area contributed by atoms with Crippen molar-refractivity contribution in [1.29, 1.82) is 0 Å². The number of hydrogen-bond donors (Lipinski definition) is 2. The van der Waals surface area contributed by atoms with Crippen molar-refractivity contribution >= 4 is 11.7 Å². The number of nitrogens with one attached hydrogen (secondary N) is 1. The van der Waals surface area contributed by atoms with Gasteiger partial charge in [-0.1, -0.05) is 19.3 Å². The third-order valence-electron chi connectivity index (χ3n) is 5.15. The van der Waals surface area contributed by atoms with Gasteiger partial charge < -0.3 is 15.3 Å². The lowest BCUT2D eigenvalue weighted by molar-refractivity contribution is -0.122. The third-order valence-corrected chi connectivity index (χ3v) is 5.15. The van der Waals surface area contributed by atoms with E-state index < -0.39 is 6.10 Å². The lowest BCUT2D eigenvalue weighted by Crippen LogP contribution is -2.27. The Bertz CT molecular complexity index is 545. The zero-order valence-electron chi connectivity index (χ0n) is 13.7. The van der Waals surface area contributed by atoms with Crippen LogP contribution in [0.4, 0.5) is 5.82 Å². The molecule has 2 atom stereocenters. The maximum atomic E-state index is 11.6. The molecule has 2 fully saturated rings. The molecule has 1 amide bonds. The fraction of sp³-hybridized carbons (Fsp3) is 0.706. The summed E-state index contributed by atoms with van der Waals surface area (Å²) in [6.07, 6.45) is 7.80. The summed E-state index contributed by atoms with van der Waals surface area (Å²) >= 11 is 0. The van der Waals surface area contributed by atoms with Crippen molar-refractivity contribution in [2.75, 3.05) is 25.0 Å². The minimum Gasteiger partial charge on any atom is -0.391 e. The first kappa shape index (κ1) is 16.2. The molecule has 1 aromatic heterocycles. The number of amides is 1. The average Bonchev–Trinajstić information content (AvgIpc) is 2.96. The summed E-state index contributed by atoms with van der Waals surface area (Å²) in [5.74, 6) is 1.35. The Hall–Kier alpha value is -1.69. The van der Waals surface area contributed by atoms with E-state index >= 15 is 0 Å². The van der Waals surface area contributed by atoms with Gasteiger partial charge in [-0.15, -0.1) is 0 Å². The maximum absolute atomic E-state index is 11.6. The highest BCUT2D eigenvalue weighted by molar-refractivity contribution is 5.76. The zero-order valence-corrected chi connectivity index (χ0v) is 13.7. The number of rotatable bonds is 4. The second-order valence-electron chi connectivity index (χ2n) is 6.75. The highest BCUT2D eigenvalue weighted by Gasteiger charge is 2.33. The molecule has 0 aromatic carbocycles. The number of β-amino-alcohol motifs (C(OH)–C–C–N with tert-alkyl or cyclic N) is 1. The maximum Gasteiger partial charge on any atom is 0.220 e. The Kier molecular flexibility index (Phi) is 5.10. The fourth-order valence-electron chi connectivity index (χ4n) is 3.74. The van der Waals surface area contributed by atoms with Crippen molar-refractivity contribution in [1.82, 2.24) is 15.3 Å². The van der Waals surface area contributed by atoms with Crippen molar-refractivity contribution in [2.24, 2.45) is 5.92 Å². The highest BCUT2D eigenvalue weighted by atomic mass is 16.3. The zero-order chi connectivity index (χ0) is 16.2. The molecule has 3 rings (SSSR count). The molecule has 1 aliphatic heterocycles. The number of anilines is 1. The van der Waals surface area contributed by atoms with E-state index in [0.717, 1.165) is 11.5 Å². The first-order chi connectivity index (χ1) is 11.2. The van der Waals surface area contributed by atoms with Gasteiger partial charge in [0.1, 0.15) is 12.1 Å². The second kappa shape index (κ2) is 7.25. The molecule has 0 spiro atoms. The van der Waals surface area contributed by atoms with Gasteiger partial charge in [0, 0.05) is 50.2 Å². The van der Waals surface area contributed by atoms with E-state index in [9.17, 15) is 9.90 Å². The minimum atomic E-state index is -0.486. The van der Waals surface area contributed by atoms with E-state index in [0.29, 0.717) is 25.4 Å². The summed E-state index contributed by atoms with van der Waals surface area (Å²) in [5, 5.41) is 12.8. The molecule has 2 aliphatic rings. The van der Waals surface area contributed by atoms with Crippen LogP contribution in [-0.2, 0) is 4.79 Å². The quantitative estimate of drug-likeness (QED) is 0.879. The van der Waals surface area contributed by atoms with Crippen LogP contribution in [-0.4, -0.2) is 47.2 Å². The Morgan fingerprint density at radius 3 is 2.83 bits per heavy atom. The number of hydrogen-bond acceptors (Lipinski definition) is 5. The SMILES string of the molecule is CNC(=O)C[C@@H]1CN(c2cc(C3CCCCC3)ncn2)C[C@H]1O. The van der Waals surface area contributed by atoms with Crippen LogP contribution in [0.5, 0.6) is 0 Å². The average molecular weight is 318 g/mol. The molecule has 2 N–H and O–H groups in total. The Labute approximate surface area is 137 Å². The molecule has 0 unspecified atom stereocenters. The normalized spacial score (nSPS) is 25.6. The predicted molar refractivity (Wildman–Crippen MR) is 88.3 cm³/mol. The summed E-state index contributed by atoms with van der Waals surface area (Å²) in [6, 6.07) is 2.07. The first-order valence-corrected chi connectivity index (χ1v) is 8.63. The van der Waals surface area contributed by atoms with E-state index in [4.69, 9.17) is 0 Å². The lowest BCUT2D eigenvalue weighted by Gasteiger charge is -2.23. The van der Waals surface area contributed by atoms with Crippen molar-refractivity contribution in [3.8, 4) is 0 Å². The van der Waals surface area contributed by atoms with Crippen LogP contribution in [0.2, 0.25) is 0 Å². The van der Waals surface area contributed by atoms with Crippen LogP contribution < -0.4 is 10.2 Å². The van der Waals surface area contributed by atoms with Crippen LogP contribution in [0.3, 0.4) is 0 Å². The molecule has 6 heteroatoms. The molecule has 126 valence electrons. The van der Waals surface area contributed by atoms with Crippen LogP contribution in [0.15, 0.2) is 12.4 Å². The largest absolute Gasteiger partial charge is 0.391 e. The van der Waals surface area contributed by atoms with Gasteiger partial charge in [0.15, 0.2) is 0 Å². The molecule has 1 saturated carbocycles. The molecular weight excluding hydrogens is 292 g/mol. The fourth-order valence-corrected chi connectivity index (χ4v) is 3.74. The first-order valence-electron chi connectivity index (χ1n) is 8.63. The number of carbonyl (C=O) groups excluding carboxylic acids is 1. The lowest BCUT2D eigenvalue weighted by atomic mass is 9.87. The molecule has 0 bridgehead atoms. The van der Waals surface area contributed by atoms with Crippen molar-refractivity contribution in [3.63, 3.8) is 0 Å². The smallest absolute Gasteiger partial charge is 0.220 e.